The Bertz CT molecular complexity index is 1610. The minimum absolute atomic E-state index is 0.0151. The molecule has 3 aromatic rings. The van der Waals surface area contributed by atoms with Gasteiger partial charge in [-0.3, -0.25) is 13.9 Å². The van der Waals surface area contributed by atoms with Crippen LogP contribution in [0, 0.1) is 5.82 Å². The van der Waals surface area contributed by atoms with Gasteiger partial charge in [-0.15, -0.1) is 16.7 Å². The average molecular weight is 598 g/mol. The second-order valence-electron chi connectivity index (χ2n) is 9.72. The minimum atomic E-state index is -3.94. The van der Waals surface area contributed by atoms with Crippen molar-refractivity contribution in [3.05, 3.63) is 51.2 Å². The topological polar surface area (TPSA) is 127 Å². The summed E-state index contributed by atoms with van der Waals surface area (Å²) in [5, 5.41) is 13.7. The lowest BCUT2D eigenvalue weighted by molar-refractivity contribution is 0.0685. The van der Waals surface area contributed by atoms with Crippen LogP contribution in [0.2, 0.25) is 0 Å². The van der Waals surface area contributed by atoms with Crippen molar-refractivity contribution in [2.24, 2.45) is 0 Å². The third kappa shape index (κ3) is 5.17. The first-order valence-corrected chi connectivity index (χ1v) is 15.1. The SMILES string of the molecule is CCN1CC(C)n2c(c(OC)c3c(=O)n(Cc4ccc(F)cc4CCl)nc(N(C)S(=O)(=O)CCCCO)c32)C1=O. The van der Waals surface area contributed by atoms with Crippen LogP contribution in [0.3, 0.4) is 0 Å². The number of benzene rings is 1. The molecule has 1 aliphatic heterocycles. The summed E-state index contributed by atoms with van der Waals surface area (Å²) in [4.78, 5) is 29.1. The number of carbonyl (C=O) groups excluding carboxylic acids is 1. The molecule has 11 nitrogen and oxygen atoms in total. The molecule has 218 valence electrons. The van der Waals surface area contributed by atoms with Crippen molar-refractivity contribution < 1.29 is 27.4 Å². The lowest BCUT2D eigenvalue weighted by atomic mass is 10.1. The van der Waals surface area contributed by atoms with Gasteiger partial charge in [-0.05, 0) is 49.9 Å². The first-order valence-electron chi connectivity index (χ1n) is 12.9. The fraction of sp³-hybridized carbons (Fsp3) is 0.500. The number of alkyl halides is 1. The van der Waals surface area contributed by atoms with Crippen LogP contribution in [-0.2, 0) is 22.4 Å². The number of amides is 1. The largest absolute Gasteiger partial charge is 0.493 e. The van der Waals surface area contributed by atoms with Crippen LogP contribution in [0.1, 0.15) is 54.3 Å². The molecule has 0 saturated carbocycles. The van der Waals surface area contributed by atoms with Gasteiger partial charge in [0, 0.05) is 38.7 Å². The van der Waals surface area contributed by atoms with Crippen molar-refractivity contribution in [2.75, 3.05) is 43.9 Å². The van der Waals surface area contributed by atoms with Gasteiger partial charge in [0.1, 0.15) is 16.7 Å². The van der Waals surface area contributed by atoms with Crippen LogP contribution in [0.15, 0.2) is 23.0 Å². The molecule has 0 spiro atoms. The summed E-state index contributed by atoms with van der Waals surface area (Å²) >= 11 is 6.04. The number of ether oxygens (including phenoxy) is 1. The Morgan fingerprint density at radius 3 is 2.60 bits per heavy atom. The highest BCUT2D eigenvalue weighted by Gasteiger charge is 2.38. The molecule has 1 atom stereocenters. The highest BCUT2D eigenvalue weighted by Crippen LogP contribution is 2.41. The smallest absolute Gasteiger partial charge is 0.280 e. The van der Waals surface area contributed by atoms with Crippen LogP contribution >= 0.6 is 11.6 Å². The Morgan fingerprint density at radius 1 is 1.25 bits per heavy atom. The number of rotatable bonds is 11. The molecule has 4 rings (SSSR count). The number of aliphatic hydroxyl groups excluding tert-OH is 1. The van der Waals surface area contributed by atoms with E-state index in [0.29, 0.717) is 30.6 Å². The van der Waals surface area contributed by atoms with E-state index in [-0.39, 0.29) is 71.3 Å². The molecular weight excluding hydrogens is 565 g/mol. The Morgan fingerprint density at radius 2 is 1.98 bits per heavy atom. The van der Waals surface area contributed by atoms with Crippen LogP contribution in [0.4, 0.5) is 10.2 Å². The molecule has 1 amide bonds. The van der Waals surface area contributed by atoms with E-state index in [1.54, 1.807) is 9.47 Å². The van der Waals surface area contributed by atoms with Gasteiger partial charge in [-0.25, -0.2) is 17.5 Å². The predicted octanol–water partition coefficient (Wildman–Crippen LogP) is 2.71. The zero-order chi connectivity index (χ0) is 29.4. The third-order valence-corrected chi connectivity index (χ3v) is 9.30. The quantitative estimate of drug-likeness (QED) is 0.266. The van der Waals surface area contributed by atoms with Gasteiger partial charge in [0.15, 0.2) is 17.3 Å². The normalized spacial score (nSPS) is 15.5. The molecule has 3 heterocycles. The lowest BCUT2D eigenvalue weighted by Crippen LogP contribution is -2.42. The maximum Gasteiger partial charge on any atom is 0.280 e. The number of likely N-dealkylation sites (N-methyl/N-ethyl adjacent to an activating group) is 1. The minimum Gasteiger partial charge on any atom is -0.493 e. The summed E-state index contributed by atoms with van der Waals surface area (Å²) in [6, 6.07) is 3.68. The van der Waals surface area contributed by atoms with E-state index >= 15 is 0 Å². The fourth-order valence-corrected chi connectivity index (χ4v) is 6.56. The molecule has 14 heteroatoms. The monoisotopic (exact) mass is 597 g/mol. The van der Waals surface area contributed by atoms with Crippen LogP contribution in [0.5, 0.6) is 5.75 Å². The number of sulfonamides is 1. The van der Waals surface area contributed by atoms with Gasteiger partial charge >= 0.3 is 0 Å². The molecular formula is C26H33ClFN5O6S. The summed E-state index contributed by atoms with van der Waals surface area (Å²) in [6.45, 7) is 4.22. The Balaban J connectivity index is 2.05. The number of hydrogen-bond acceptors (Lipinski definition) is 7. The fourth-order valence-electron chi connectivity index (χ4n) is 5.09. The van der Waals surface area contributed by atoms with Gasteiger partial charge in [0.05, 0.1) is 19.4 Å². The number of hydrogen-bond donors (Lipinski definition) is 1. The average Bonchev–Trinajstić information content (AvgIpc) is 3.29. The Hall–Kier alpha value is -3.16. The first-order chi connectivity index (χ1) is 19.0. The third-order valence-electron chi connectivity index (χ3n) is 7.20. The molecule has 0 bridgehead atoms. The second kappa shape index (κ2) is 11.8. The van der Waals surface area contributed by atoms with E-state index < -0.39 is 21.4 Å². The van der Waals surface area contributed by atoms with Crippen molar-refractivity contribution in [3.63, 3.8) is 0 Å². The maximum atomic E-state index is 14.0. The van der Waals surface area contributed by atoms with Gasteiger partial charge in [0.25, 0.3) is 11.5 Å². The number of unbranched alkanes of at least 4 members (excludes halogenated alkanes) is 1. The number of nitrogens with zero attached hydrogens (tertiary/aromatic N) is 5. The number of carbonyl (C=O) groups is 1. The van der Waals surface area contributed by atoms with Crippen molar-refractivity contribution in [1.29, 1.82) is 0 Å². The Labute approximate surface area is 236 Å². The van der Waals surface area contributed by atoms with Crippen molar-refractivity contribution in [1.82, 2.24) is 19.2 Å². The highest BCUT2D eigenvalue weighted by molar-refractivity contribution is 7.92. The number of anilines is 1. The maximum absolute atomic E-state index is 14.0. The van der Waals surface area contributed by atoms with E-state index in [1.165, 1.54) is 32.4 Å². The summed E-state index contributed by atoms with van der Waals surface area (Å²) in [5.41, 5.74) is 0.693. The highest BCUT2D eigenvalue weighted by atomic mass is 35.5. The number of aromatic nitrogens is 3. The molecule has 1 unspecified atom stereocenters. The summed E-state index contributed by atoms with van der Waals surface area (Å²) in [6.07, 6.45) is 0.518. The molecule has 0 saturated heterocycles. The van der Waals surface area contributed by atoms with Crippen molar-refractivity contribution in [3.8, 4) is 5.75 Å². The molecule has 0 fully saturated rings. The molecule has 2 aromatic heterocycles. The molecule has 1 aromatic carbocycles. The number of methoxy groups -OCH3 is 1. The van der Waals surface area contributed by atoms with Gasteiger partial charge in [-0.2, -0.15) is 0 Å². The number of halogens is 2. The molecule has 0 aliphatic carbocycles. The van der Waals surface area contributed by atoms with E-state index in [9.17, 15) is 22.4 Å². The van der Waals surface area contributed by atoms with Gasteiger partial charge in [0.2, 0.25) is 10.0 Å². The van der Waals surface area contributed by atoms with Crippen LogP contribution < -0.4 is 14.6 Å². The molecule has 0 radical (unpaired) electrons. The van der Waals surface area contributed by atoms with Crippen molar-refractivity contribution >= 4 is 44.3 Å². The summed E-state index contributed by atoms with van der Waals surface area (Å²) < 4.78 is 50.0. The van der Waals surface area contributed by atoms with E-state index in [2.05, 4.69) is 5.10 Å². The molecule has 40 heavy (non-hydrogen) atoms. The lowest BCUT2D eigenvalue weighted by Gasteiger charge is -2.33. The van der Waals surface area contributed by atoms with Gasteiger partial charge in [-0.1, -0.05) is 6.07 Å². The van der Waals surface area contributed by atoms with E-state index in [1.807, 2.05) is 13.8 Å². The summed E-state index contributed by atoms with van der Waals surface area (Å²) in [7, 11) is -1.25. The van der Waals surface area contributed by atoms with Crippen LogP contribution in [-0.4, -0.2) is 78.3 Å². The summed E-state index contributed by atoms with van der Waals surface area (Å²) in [5.74, 6) is -1.12. The molecule has 1 aliphatic rings. The van der Waals surface area contributed by atoms with Crippen LogP contribution in [0.25, 0.3) is 10.9 Å². The van der Waals surface area contributed by atoms with Crippen molar-refractivity contribution in [2.45, 2.75) is 45.2 Å². The Kier molecular flexibility index (Phi) is 8.76. The van der Waals surface area contributed by atoms with E-state index in [4.69, 9.17) is 21.4 Å². The number of fused-ring (bicyclic) bond motifs is 3. The van der Waals surface area contributed by atoms with E-state index in [0.717, 1.165) is 8.99 Å². The first kappa shape index (κ1) is 29.8. The zero-order valence-corrected chi connectivity index (χ0v) is 24.4. The second-order valence-corrected chi connectivity index (χ2v) is 12.1. The predicted molar refractivity (Wildman–Crippen MR) is 150 cm³/mol. The standard InChI is InChI=1S/C26H33ClFN5O6S/c1-5-31-14-16(2)33-21-20(23(39-4)22(33)26(31)36)25(35)32(15-17-8-9-19(28)12-18(17)13-27)29-24(21)30(3)40(37,38)11-7-6-10-34/h8-9,12,16,34H,5-7,10-11,13-15H2,1-4H3. The van der Waals surface area contributed by atoms with Gasteiger partial charge < -0.3 is 19.3 Å². The number of aliphatic hydroxyl groups is 1. The molecule has 1 N–H and O–H groups in total. The zero-order valence-electron chi connectivity index (χ0n) is 22.9.